The van der Waals surface area contributed by atoms with E-state index in [9.17, 15) is 9.59 Å². The summed E-state index contributed by atoms with van der Waals surface area (Å²) in [6.45, 7) is 5.60. The van der Waals surface area contributed by atoms with Gasteiger partial charge in [0.1, 0.15) is 11.5 Å². The minimum absolute atomic E-state index is 0.0790. The summed E-state index contributed by atoms with van der Waals surface area (Å²) in [5.41, 5.74) is 4.26. The molecular formula is C12H19N3O2. The third-order valence-corrected chi connectivity index (χ3v) is 3.30. The molecule has 5 nitrogen and oxygen atoms in total. The Morgan fingerprint density at radius 2 is 2.00 bits per heavy atom. The van der Waals surface area contributed by atoms with Crippen molar-refractivity contribution < 1.29 is 9.59 Å². The molecule has 3 N–H and O–H groups in total. The Morgan fingerprint density at radius 3 is 2.29 bits per heavy atom. The number of amides is 2. The van der Waals surface area contributed by atoms with E-state index in [1.54, 1.807) is 13.8 Å². The second kappa shape index (κ2) is 4.74. The van der Waals surface area contributed by atoms with E-state index in [0.717, 1.165) is 0 Å². The number of nitrogens with two attached hydrogens (primary N) is 1. The summed E-state index contributed by atoms with van der Waals surface area (Å²) < 4.78 is 0. The number of hydrogen-bond donors (Lipinski definition) is 2. The van der Waals surface area contributed by atoms with Crippen molar-refractivity contribution in [3.05, 3.63) is 0 Å². The van der Waals surface area contributed by atoms with Crippen molar-refractivity contribution in [1.82, 2.24) is 5.32 Å². The molecule has 0 aliphatic heterocycles. The van der Waals surface area contributed by atoms with Crippen LogP contribution in [0, 0.1) is 28.6 Å². The van der Waals surface area contributed by atoms with Gasteiger partial charge in [-0.15, -0.1) is 0 Å². The van der Waals surface area contributed by atoms with Gasteiger partial charge >= 0.3 is 0 Å². The Labute approximate surface area is 101 Å². The molecule has 0 radical (unpaired) electrons. The molecule has 1 rings (SSSR count). The average Bonchev–Trinajstić information content (AvgIpc) is 2.19. The number of rotatable bonds is 4. The Morgan fingerprint density at radius 1 is 1.47 bits per heavy atom. The molecule has 0 heterocycles. The van der Waals surface area contributed by atoms with Gasteiger partial charge in [-0.3, -0.25) is 9.59 Å². The lowest BCUT2D eigenvalue weighted by Gasteiger charge is -2.40. The van der Waals surface area contributed by atoms with E-state index in [4.69, 9.17) is 11.0 Å². The second-order valence-corrected chi connectivity index (χ2v) is 5.30. The van der Waals surface area contributed by atoms with Gasteiger partial charge in [0, 0.05) is 0 Å². The summed E-state index contributed by atoms with van der Waals surface area (Å²) in [6.07, 6.45) is 1.11. The molecule has 94 valence electrons. The van der Waals surface area contributed by atoms with E-state index < -0.39 is 17.4 Å². The molecule has 1 saturated carbocycles. The predicted molar refractivity (Wildman–Crippen MR) is 62.4 cm³/mol. The van der Waals surface area contributed by atoms with Crippen LogP contribution in [0.25, 0.3) is 0 Å². The minimum atomic E-state index is -0.956. The van der Waals surface area contributed by atoms with Crippen LogP contribution >= 0.6 is 0 Å². The van der Waals surface area contributed by atoms with Crippen molar-refractivity contribution in [3.63, 3.8) is 0 Å². The fourth-order valence-electron chi connectivity index (χ4n) is 2.30. The largest absolute Gasteiger partial charge is 0.368 e. The molecule has 0 aromatic rings. The van der Waals surface area contributed by atoms with E-state index in [-0.39, 0.29) is 11.8 Å². The van der Waals surface area contributed by atoms with E-state index in [2.05, 4.69) is 11.4 Å². The summed E-state index contributed by atoms with van der Waals surface area (Å²) in [5, 5.41) is 11.7. The van der Waals surface area contributed by atoms with Gasteiger partial charge in [-0.05, 0) is 24.7 Å². The van der Waals surface area contributed by atoms with Crippen LogP contribution in [0.5, 0.6) is 0 Å². The van der Waals surface area contributed by atoms with Crippen LogP contribution in [0.1, 0.15) is 33.6 Å². The lowest BCUT2D eigenvalue weighted by molar-refractivity contribution is -0.137. The van der Waals surface area contributed by atoms with Gasteiger partial charge in [-0.1, -0.05) is 20.8 Å². The lowest BCUT2D eigenvalue weighted by atomic mass is 9.63. The van der Waals surface area contributed by atoms with Crippen LogP contribution in [0.4, 0.5) is 0 Å². The third kappa shape index (κ3) is 2.57. The van der Waals surface area contributed by atoms with E-state index in [1.807, 2.05) is 6.92 Å². The number of carbonyl (C=O) groups excluding carboxylic acids is 2. The van der Waals surface area contributed by atoms with Crippen molar-refractivity contribution in [2.75, 3.05) is 0 Å². The summed E-state index contributed by atoms with van der Waals surface area (Å²) >= 11 is 0. The normalized spacial score (nSPS) is 29.0. The summed E-state index contributed by atoms with van der Waals surface area (Å²) in [5.74, 6) is -0.624. The molecule has 0 bridgehead atoms. The SMILES string of the molecule is CC1CC(C#N)(C(=O)NC(C(N)=O)C(C)C)C1. The molecule has 0 spiro atoms. The van der Waals surface area contributed by atoms with E-state index >= 15 is 0 Å². The molecule has 1 atom stereocenters. The van der Waals surface area contributed by atoms with Gasteiger partial charge in [0.25, 0.3) is 0 Å². The summed E-state index contributed by atoms with van der Waals surface area (Å²) in [6, 6.07) is 1.36. The molecule has 1 fully saturated rings. The fourth-order valence-corrected chi connectivity index (χ4v) is 2.30. The minimum Gasteiger partial charge on any atom is -0.368 e. The molecule has 0 aromatic carbocycles. The van der Waals surface area contributed by atoms with Gasteiger partial charge in [-0.25, -0.2) is 0 Å². The Hall–Kier alpha value is -1.57. The van der Waals surface area contributed by atoms with Crippen LogP contribution < -0.4 is 11.1 Å². The summed E-state index contributed by atoms with van der Waals surface area (Å²) in [4.78, 5) is 23.2. The van der Waals surface area contributed by atoms with Gasteiger partial charge in [0.15, 0.2) is 0 Å². The van der Waals surface area contributed by atoms with Crippen molar-refractivity contribution >= 4 is 11.8 Å². The number of carbonyl (C=O) groups is 2. The van der Waals surface area contributed by atoms with Crippen molar-refractivity contribution in [2.24, 2.45) is 23.0 Å². The number of nitrogens with zero attached hydrogens (tertiary/aromatic N) is 1. The van der Waals surface area contributed by atoms with Crippen LogP contribution in [-0.4, -0.2) is 17.9 Å². The molecule has 0 aromatic heterocycles. The van der Waals surface area contributed by atoms with Gasteiger partial charge in [0.05, 0.1) is 6.07 Å². The molecule has 1 unspecified atom stereocenters. The monoisotopic (exact) mass is 237 g/mol. The van der Waals surface area contributed by atoms with Crippen molar-refractivity contribution in [1.29, 1.82) is 5.26 Å². The molecule has 0 saturated heterocycles. The Balaban J connectivity index is 2.72. The van der Waals surface area contributed by atoms with Crippen LogP contribution in [-0.2, 0) is 9.59 Å². The maximum Gasteiger partial charge on any atom is 0.241 e. The lowest BCUT2D eigenvalue weighted by Crippen LogP contribution is -2.55. The smallest absolute Gasteiger partial charge is 0.241 e. The number of hydrogen-bond acceptors (Lipinski definition) is 3. The van der Waals surface area contributed by atoms with Crippen molar-refractivity contribution in [2.45, 2.75) is 39.7 Å². The molecule has 2 amide bonds. The summed E-state index contributed by atoms with van der Waals surface area (Å²) in [7, 11) is 0. The Kier molecular flexibility index (Phi) is 3.76. The maximum atomic E-state index is 12.0. The first-order valence-corrected chi connectivity index (χ1v) is 5.84. The van der Waals surface area contributed by atoms with Crippen LogP contribution in [0.15, 0.2) is 0 Å². The first kappa shape index (κ1) is 13.5. The zero-order valence-corrected chi connectivity index (χ0v) is 10.5. The van der Waals surface area contributed by atoms with Crippen LogP contribution in [0.2, 0.25) is 0 Å². The quantitative estimate of drug-likeness (QED) is 0.747. The number of nitriles is 1. The third-order valence-electron chi connectivity index (χ3n) is 3.30. The topological polar surface area (TPSA) is 96.0 Å². The van der Waals surface area contributed by atoms with Crippen molar-refractivity contribution in [3.8, 4) is 6.07 Å². The molecule has 1 aliphatic rings. The standard InChI is InChI=1S/C12H19N3O2/c1-7(2)9(10(14)16)15-11(17)12(6-13)4-8(3)5-12/h7-9H,4-5H2,1-3H3,(H2,14,16)(H,15,17). The molecule has 17 heavy (non-hydrogen) atoms. The average molecular weight is 237 g/mol. The first-order valence-electron chi connectivity index (χ1n) is 5.84. The highest BCUT2D eigenvalue weighted by Gasteiger charge is 2.49. The highest BCUT2D eigenvalue weighted by Crippen LogP contribution is 2.45. The van der Waals surface area contributed by atoms with Gasteiger partial charge in [0.2, 0.25) is 11.8 Å². The van der Waals surface area contributed by atoms with Gasteiger partial charge in [-0.2, -0.15) is 5.26 Å². The first-order chi connectivity index (χ1) is 7.82. The molecule has 5 heteroatoms. The highest BCUT2D eigenvalue weighted by atomic mass is 16.2. The second-order valence-electron chi connectivity index (χ2n) is 5.30. The van der Waals surface area contributed by atoms with E-state index in [1.165, 1.54) is 0 Å². The highest BCUT2D eigenvalue weighted by molar-refractivity contribution is 5.91. The fraction of sp³-hybridized carbons (Fsp3) is 0.750. The predicted octanol–water partition coefficient (Wildman–Crippen LogP) is 0.552. The van der Waals surface area contributed by atoms with E-state index in [0.29, 0.717) is 18.8 Å². The van der Waals surface area contributed by atoms with Crippen LogP contribution in [0.3, 0.4) is 0 Å². The zero-order valence-electron chi connectivity index (χ0n) is 10.5. The molecule has 1 aliphatic carbocycles. The zero-order chi connectivity index (χ0) is 13.2. The Bertz CT molecular complexity index is 364. The maximum absolute atomic E-state index is 12.0. The molecular weight excluding hydrogens is 218 g/mol. The number of nitrogens with one attached hydrogen (secondary N) is 1. The number of primary amides is 1. The van der Waals surface area contributed by atoms with Gasteiger partial charge < -0.3 is 11.1 Å².